The van der Waals surface area contributed by atoms with Crippen molar-refractivity contribution in [2.75, 3.05) is 20.1 Å². The third-order valence-electron chi connectivity index (χ3n) is 3.06. The summed E-state index contributed by atoms with van der Waals surface area (Å²) < 4.78 is 0. The molecule has 104 valence electrons. The van der Waals surface area contributed by atoms with Gasteiger partial charge in [0.15, 0.2) is 0 Å². The van der Waals surface area contributed by atoms with Gasteiger partial charge in [0.2, 0.25) is 0 Å². The maximum atomic E-state index is 12.3. The number of aryl methyl sites for hydroxylation is 1. The molecule has 4 heteroatoms. The van der Waals surface area contributed by atoms with Gasteiger partial charge in [0.25, 0.3) is 5.91 Å². The van der Waals surface area contributed by atoms with E-state index in [4.69, 9.17) is 5.73 Å². The summed E-state index contributed by atoms with van der Waals surface area (Å²) in [5, 5.41) is 0. The van der Waals surface area contributed by atoms with E-state index in [1.807, 2.05) is 20.0 Å². The molecule has 0 saturated heterocycles. The van der Waals surface area contributed by atoms with Gasteiger partial charge in [0.1, 0.15) is 0 Å². The average Bonchev–Trinajstić information content (AvgIpc) is 2.76. The van der Waals surface area contributed by atoms with Crippen molar-refractivity contribution in [3.05, 3.63) is 21.4 Å². The fraction of sp³-hybridized carbons (Fsp3) is 0.533. The van der Waals surface area contributed by atoms with Crippen LogP contribution in [0.4, 0.5) is 0 Å². The van der Waals surface area contributed by atoms with Gasteiger partial charge in [-0.05, 0) is 24.5 Å². The summed E-state index contributed by atoms with van der Waals surface area (Å²) in [5.41, 5.74) is 6.41. The molecular formula is C15H22N2OS. The van der Waals surface area contributed by atoms with Crippen LogP contribution in [0.3, 0.4) is 0 Å². The van der Waals surface area contributed by atoms with Crippen molar-refractivity contribution in [2.24, 2.45) is 11.7 Å². The quantitative estimate of drug-likeness (QED) is 0.860. The molecule has 1 unspecified atom stereocenters. The minimum atomic E-state index is 0.0780. The summed E-state index contributed by atoms with van der Waals surface area (Å²) in [7, 11) is 1.86. The van der Waals surface area contributed by atoms with Crippen LogP contribution in [-0.4, -0.2) is 30.9 Å². The number of thiophene rings is 1. The average molecular weight is 278 g/mol. The minimum Gasteiger partial charge on any atom is -0.341 e. The van der Waals surface area contributed by atoms with Crippen molar-refractivity contribution < 1.29 is 4.79 Å². The standard InChI is InChI=1S/C15H22N2OS/c1-5-11(2)10-17(4)15(18)14-9-12(3)13(19-14)7-6-8-16/h9,11H,5,8,10,16H2,1-4H3. The van der Waals surface area contributed by atoms with Crippen molar-refractivity contribution in [3.8, 4) is 11.8 Å². The maximum absolute atomic E-state index is 12.3. The van der Waals surface area contributed by atoms with Gasteiger partial charge >= 0.3 is 0 Å². The fourth-order valence-electron chi connectivity index (χ4n) is 1.71. The lowest BCUT2D eigenvalue weighted by Crippen LogP contribution is -2.30. The van der Waals surface area contributed by atoms with Crippen LogP contribution in [0, 0.1) is 24.7 Å². The molecule has 1 aromatic heterocycles. The van der Waals surface area contributed by atoms with Crippen LogP contribution >= 0.6 is 11.3 Å². The van der Waals surface area contributed by atoms with E-state index in [2.05, 4.69) is 25.7 Å². The molecule has 0 fully saturated rings. The Morgan fingerprint density at radius 3 is 2.84 bits per heavy atom. The predicted octanol–water partition coefficient (Wildman–Crippen LogP) is 2.48. The number of amides is 1. The molecule has 1 amide bonds. The summed E-state index contributed by atoms with van der Waals surface area (Å²) in [5.74, 6) is 6.44. The molecule has 0 aliphatic carbocycles. The molecule has 0 aromatic carbocycles. The third kappa shape index (κ3) is 4.38. The Balaban J connectivity index is 2.83. The first-order valence-corrected chi connectivity index (χ1v) is 7.36. The van der Waals surface area contributed by atoms with Crippen molar-refractivity contribution in [1.29, 1.82) is 0 Å². The molecule has 0 aliphatic heterocycles. The molecule has 0 radical (unpaired) electrons. The molecule has 3 nitrogen and oxygen atoms in total. The summed E-state index contributed by atoms with van der Waals surface area (Å²) in [6.07, 6.45) is 1.08. The number of hydrogen-bond donors (Lipinski definition) is 1. The topological polar surface area (TPSA) is 46.3 Å². The summed E-state index contributed by atoms with van der Waals surface area (Å²) >= 11 is 1.45. The van der Waals surface area contributed by atoms with Crippen LogP contribution in [-0.2, 0) is 0 Å². The van der Waals surface area contributed by atoms with Crippen LogP contribution in [0.25, 0.3) is 0 Å². The van der Waals surface area contributed by atoms with E-state index in [0.717, 1.165) is 28.3 Å². The Morgan fingerprint density at radius 1 is 1.58 bits per heavy atom. The van der Waals surface area contributed by atoms with Crippen LogP contribution in [0.2, 0.25) is 0 Å². The first kappa shape index (κ1) is 15.7. The molecule has 0 spiro atoms. The molecule has 0 bridgehead atoms. The molecule has 2 N–H and O–H groups in total. The molecule has 1 heterocycles. The number of rotatable bonds is 4. The summed E-state index contributed by atoms with van der Waals surface area (Å²) in [6.45, 7) is 7.40. The Bertz CT molecular complexity index is 496. The largest absolute Gasteiger partial charge is 0.341 e. The molecule has 1 rings (SSSR count). The molecule has 19 heavy (non-hydrogen) atoms. The van der Waals surface area contributed by atoms with Gasteiger partial charge in [-0.1, -0.05) is 32.1 Å². The Labute approximate surface area is 119 Å². The van der Waals surface area contributed by atoms with Gasteiger partial charge in [-0.2, -0.15) is 0 Å². The van der Waals surface area contributed by atoms with Crippen molar-refractivity contribution in [1.82, 2.24) is 4.90 Å². The number of carbonyl (C=O) groups excluding carboxylic acids is 1. The third-order valence-corrected chi connectivity index (χ3v) is 4.20. The highest BCUT2D eigenvalue weighted by atomic mass is 32.1. The highest BCUT2D eigenvalue weighted by Crippen LogP contribution is 2.22. The first-order chi connectivity index (χ1) is 8.99. The van der Waals surface area contributed by atoms with E-state index in [1.54, 1.807) is 4.90 Å². The Hall–Kier alpha value is -1.31. The monoisotopic (exact) mass is 278 g/mol. The zero-order chi connectivity index (χ0) is 14.4. The van der Waals surface area contributed by atoms with Gasteiger partial charge in [0.05, 0.1) is 16.3 Å². The molecular weight excluding hydrogens is 256 g/mol. The highest BCUT2D eigenvalue weighted by Gasteiger charge is 2.17. The molecule has 0 aliphatic rings. The van der Waals surface area contributed by atoms with Crippen molar-refractivity contribution in [3.63, 3.8) is 0 Å². The molecule has 0 saturated carbocycles. The summed E-state index contributed by atoms with van der Waals surface area (Å²) in [6, 6.07) is 1.92. The summed E-state index contributed by atoms with van der Waals surface area (Å²) in [4.78, 5) is 15.8. The van der Waals surface area contributed by atoms with Gasteiger partial charge in [0, 0.05) is 13.6 Å². The van der Waals surface area contributed by atoms with Crippen molar-refractivity contribution in [2.45, 2.75) is 27.2 Å². The lowest BCUT2D eigenvalue weighted by atomic mass is 10.1. The van der Waals surface area contributed by atoms with Crippen molar-refractivity contribution >= 4 is 17.2 Å². The lowest BCUT2D eigenvalue weighted by Gasteiger charge is -2.19. The second-order valence-corrected chi connectivity index (χ2v) is 5.88. The number of nitrogens with zero attached hydrogens (tertiary/aromatic N) is 1. The van der Waals surface area contributed by atoms with E-state index >= 15 is 0 Å². The Morgan fingerprint density at radius 2 is 2.26 bits per heavy atom. The molecule has 1 atom stereocenters. The van der Waals surface area contributed by atoms with Gasteiger partial charge in [-0.25, -0.2) is 0 Å². The zero-order valence-corrected chi connectivity index (χ0v) is 12.9. The van der Waals surface area contributed by atoms with Crippen LogP contribution < -0.4 is 5.73 Å². The number of hydrogen-bond acceptors (Lipinski definition) is 3. The second kappa shape index (κ2) is 7.32. The fourth-order valence-corrected chi connectivity index (χ4v) is 2.75. The van der Waals surface area contributed by atoms with E-state index in [-0.39, 0.29) is 5.91 Å². The normalized spacial score (nSPS) is 11.6. The van der Waals surface area contributed by atoms with Crippen LogP contribution in [0.15, 0.2) is 6.07 Å². The van der Waals surface area contributed by atoms with E-state index in [1.165, 1.54) is 11.3 Å². The van der Waals surface area contributed by atoms with E-state index in [9.17, 15) is 4.79 Å². The smallest absolute Gasteiger partial charge is 0.263 e. The first-order valence-electron chi connectivity index (χ1n) is 6.54. The van der Waals surface area contributed by atoms with Gasteiger partial charge in [-0.3, -0.25) is 4.79 Å². The zero-order valence-electron chi connectivity index (χ0n) is 12.1. The highest BCUT2D eigenvalue weighted by molar-refractivity contribution is 7.14. The lowest BCUT2D eigenvalue weighted by molar-refractivity contribution is 0.0779. The predicted molar refractivity (Wildman–Crippen MR) is 81.4 cm³/mol. The number of carbonyl (C=O) groups is 1. The van der Waals surface area contributed by atoms with E-state index < -0.39 is 0 Å². The van der Waals surface area contributed by atoms with Crippen LogP contribution in [0.5, 0.6) is 0 Å². The molecule has 1 aromatic rings. The SMILES string of the molecule is CCC(C)CN(C)C(=O)c1cc(C)c(C#CCN)s1. The number of nitrogens with two attached hydrogens (primary N) is 1. The Kier molecular flexibility index (Phi) is 6.07. The maximum Gasteiger partial charge on any atom is 0.263 e. The van der Waals surface area contributed by atoms with E-state index in [0.29, 0.717) is 12.5 Å². The van der Waals surface area contributed by atoms with Gasteiger partial charge in [-0.15, -0.1) is 11.3 Å². The minimum absolute atomic E-state index is 0.0780. The van der Waals surface area contributed by atoms with Crippen LogP contribution in [0.1, 0.15) is 40.4 Å². The second-order valence-electron chi connectivity index (χ2n) is 4.83. The van der Waals surface area contributed by atoms with Gasteiger partial charge < -0.3 is 10.6 Å².